The van der Waals surface area contributed by atoms with Crippen LogP contribution in [0.25, 0.3) is 16.7 Å². The second-order valence-corrected chi connectivity index (χ2v) is 10.6. The van der Waals surface area contributed by atoms with Gasteiger partial charge in [-0.1, -0.05) is 25.9 Å². The number of amides is 2. The van der Waals surface area contributed by atoms with Gasteiger partial charge < -0.3 is 19.9 Å². The lowest BCUT2D eigenvalue weighted by Crippen LogP contribution is -2.22. The summed E-state index contributed by atoms with van der Waals surface area (Å²) in [7, 11) is 0. The maximum absolute atomic E-state index is 14.9. The molecule has 11 heteroatoms. The number of nitrogens with one attached hydrogen (secondary N) is 3. The molecule has 3 N–H and O–H groups in total. The lowest BCUT2D eigenvalue weighted by molar-refractivity contribution is 0.262. The lowest BCUT2D eigenvalue weighted by atomic mass is 9.92. The van der Waals surface area contributed by atoms with Gasteiger partial charge in [0.2, 0.25) is 0 Å². The van der Waals surface area contributed by atoms with Crippen molar-refractivity contribution >= 4 is 34.3 Å². The SMILES string of the molecule is CC(C)Nc1cc(Oc2ccc(NC(=O)Nc3cc(C(C)(C)C)nn3-c3ccc4oncc4c3)c(F)c2)ccn1. The number of fused-ring (bicyclic) bond motifs is 1. The Morgan fingerprint density at radius 3 is 2.58 bits per heavy atom. The van der Waals surface area contributed by atoms with E-state index in [1.54, 1.807) is 47.4 Å². The number of nitrogens with zero attached hydrogens (tertiary/aromatic N) is 4. The number of aromatic nitrogens is 4. The van der Waals surface area contributed by atoms with Crippen LogP contribution in [-0.4, -0.2) is 32.0 Å². The molecule has 0 aliphatic carbocycles. The molecular weight excluding hydrogens is 513 g/mol. The van der Waals surface area contributed by atoms with Crippen molar-refractivity contribution in [3.8, 4) is 17.2 Å². The monoisotopic (exact) mass is 543 g/mol. The zero-order valence-electron chi connectivity index (χ0n) is 22.8. The number of carbonyl (C=O) groups excluding carboxylic acids is 1. The maximum Gasteiger partial charge on any atom is 0.324 e. The van der Waals surface area contributed by atoms with Crippen molar-refractivity contribution in [3.05, 3.63) is 78.5 Å². The van der Waals surface area contributed by atoms with Crippen LogP contribution in [0.15, 0.2) is 71.5 Å². The summed E-state index contributed by atoms with van der Waals surface area (Å²) in [4.78, 5) is 17.2. The first-order chi connectivity index (χ1) is 19.0. The largest absolute Gasteiger partial charge is 0.457 e. The van der Waals surface area contributed by atoms with Crippen molar-refractivity contribution in [3.63, 3.8) is 0 Å². The molecular formula is C29H30FN7O3. The van der Waals surface area contributed by atoms with Crippen LogP contribution >= 0.6 is 0 Å². The van der Waals surface area contributed by atoms with E-state index in [1.165, 1.54) is 12.1 Å². The van der Waals surface area contributed by atoms with Gasteiger partial charge in [0, 0.05) is 41.2 Å². The van der Waals surface area contributed by atoms with Crippen molar-refractivity contribution in [1.82, 2.24) is 19.9 Å². The topological polar surface area (TPSA) is 119 Å². The Bertz CT molecular complexity index is 1670. The molecule has 0 bridgehead atoms. The van der Waals surface area contributed by atoms with Crippen LogP contribution < -0.4 is 20.7 Å². The zero-order valence-corrected chi connectivity index (χ0v) is 22.8. The predicted octanol–water partition coefficient (Wildman–Crippen LogP) is 7.10. The summed E-state index contributed by atoms with van der Waals surface area (Å²) in [6, 6.07) is 14.5. The van der Waals surface area contributed by atoms with Gasteiger partial charge in [-0.05, 0) is 50.2 Å². The second kappa shape index (κ2) is 10.7. The second-order valence-electron chi connectivity index (χ2n) is 10.6. The molecule has 3 aromatic heterocycles. The van der Waals surface area contributed by atoms with E-state index in [0.29, 0.717) is 28.7 Å². The standard InChI is InChI=1S/C29H30FN7O3/c1-17(2)33-26-14-21(10-11-31-26)39-20-7-8-23(22(30)13-20)34-28(38)35-27-15-25(29(3,4)5)36-37(27)19-6-9-24-18(12-19)16-32-40-24/h6-17H,1-5H3,(H,31,33)(H2,34,35,38). The number of hydrogen-bond acceptors (Lipinski definition) is 7. The van der Waals surface area contributed by atoms with Gasteiger partial charge in [0.15, 0.2) is 5.58 Å². The Labute approximate surface area is 230 Å². The summed E-state index contributed by atoms with van der Waals surface area (Å²) in [5, 5.41) is 17.9. The number of rotatable bonds is 7. The number of pyridine rings is 1. The van der Waals surface area contributed by atoms with E-state index in [1.807, 2.05) is 46.8 Å². The summed E-state index contributed by atoms with van der Waals surface area (Å²) in [5.74, 6) is 1.20. The van der Waals surface area contributed by atoms with Gasteiger partial charge in [0.05, 0.1) is 23.3 Å². The van der Waals surface area contributed by atoms with E-state index in [4.69, 9.17) is 14.4 Å². The van der Waals surface area contributed by atoms with Gasteiger partial charge in [0.1, 0.15) is 29.0 Å². The number of hydrogen-bond donors (Lipinski definition) is 3. The molecule has 0 radical (unpaired) electrons. The summed E-state index contributed by atoms with van der Waals surface area (Å²) in [6.07, 6.45) is 3.22. The molecule has 2 amide bonds. The van der Waals surface area contributed by atoms with Crippen LogP contribution in [0.5, 0.6) is 11.5 Å². The highest BCUT2D eigenvalue weighted by molar-refractivity contribution is 5.99. The minimum absolute atomic E-state index is 0.00487. The van der Waals surface area contributed by atoms with Crippen molar-refractivity contribution in [2.24, 2.45) is 0 Å². The number of urea groups is 1. The first kappa shape index (κ1) is 26.7. The Morgan fingerprint density at radius 1 is 1.02 bits per heavy atom. The van der Waals surface area contributed by atoms with E-state index in [0.717, 1.165) is 11.1 Å². The quantitative estimate of drug-likeness (QED) is 0.200. The molecule has 0 saturated heterocycles. The van der Waals surface area contributed by atoms with E-state index < -0.39 is 11.8 Å². The first-order valence-corrected chi connectivity index (χ1v) is 12.8. The van der Waals surface area contributed by atoms with Crippen molar-refractivity contribution in [1.29, 1.82) is 0 Å². The summed E-state index contributed by atoms with van der Waals surface area (Å²) < 4.78 is 27.5. The van der Waals surface area contributed by atoms with Crippen LogP contribution in [0.4, 0.5) is 26.5 Å². The molecule has 5 aromatic rings. The summed E-state index contributed by atoms with van der Waals surface area (Å²) in [5.41, 5.74) is 1.83. The smallest absolute Gasteiger partial charge is 0.324 e. The third kappa shape index (κ3) is 6.04. The van der Waals surface area contributed by atoms with Crippen LogP contribution in [0.2, 0.25) is 0 Å². The molecule has 0 aliphatic rings. The van der Waals surface area contributed by atoms with Gasteiger partial charge in [-0.3, -0.25) is 5.32 Å². The highest BCUT2D eigenvalue weighted by Crippen LogP contribution is 2.29. The fourth-order valence-corrected chi connectivity index (χ4v) is 3.94. The third-order valence-electron chi connectivity index (χ3n) is 5.89. The average Bonchev–Trinajstić information content (AvgIpc) is 3.52. The highest BCUT2D eigenvalue weighted by Gasteiger charge is 2.22. The molecule has 0 saturated carbocycles. The molecule has 206 valence electrons. The minimum Gasteiger partial charge on any atom is -0.457 e. The molecule has 5 rings (SSSR count). The van der Waals surface area contributed by atoms with Gasteiger partial charge in [-0.25, -0.2) is 18.9 Å². The molecule has 0 atom stereocenters. The van der Waals surface area contributed by atoms with Crippen molar-refractivity contribution in [2.75, 3.05) is 16.0 Å². The van der Waals surface area contributed by atoms with E-state index in [-0.39, 0.29) is 22.9 Å². The van der Waals surface area contributed by atoms with Crippen molar-refractivity contribution < 1.29 is 18.4 Å². The van der Waals surface area contributed by atoms with E-state index in [9.17, 15) is 9.18 Å². The Kier molecular flexibility index (Phi) is 7.12. The van der Waals surface area contributed by atoms with Gasteiger partial charge >= 0.3 is 6.03 Å². The molecule has 40 heavy (non-hydrogen) atoms. The number of halogens is 1. The van der Waals surface area contributed by atoms with Crippen LogP contribution in [0.3, 0.4) is 0 Å². The van der Waals surface area contributed by atoms with Crippen LogP contribution in [0, 0.1) is 5.82 Å². The van der Waals surface area contributed by atoms with Gasteiger partial charge in [-0.2, -0.15) is 5.10 Å². The Morgan fingerprint density at radius 2 is 1.82 bits per heavy atom. The number of benzene rings is 2. The summed E-state index contributed by atoms with van der Waals surface area (Å²) in [6.45, 7) is 10.1. The van der Waals surface area contributed by atoms with E-state index >= 15 is 0 Å². The molecule has 10 nitrogen and oxygen atoms in total. The molecule has 3 heterocycles. The number of ether oxygens (including phenoxy) is 1. The number of carbonyl (C=O) groups is 1. The zero-order chi connectivity index (χ0) is 28.4. The fraction of sp³-hybridized carbons (Fsp3) is 0.241. The molecule has 2 aromatic carbocycles. The van der Waals surface area contributed by atoms with Gasteiger partial charge in [0.25, 0.3) is 0 Å². The minimum atomic E-state index is -0.649. The highest BCUT2D eigenvalue weighted by atomic mass is 19.1. The molecule has 0 spiro atoms. The number of anilines is 3. The lowest BCUT2D eigenvalue weighted by Gasteiger charge is -2.14. The fourth-order valence-electron chi connectivity index (χ4n) is 3.94. The molecule has 0 aliphatic heterocycles. The molecule has 0 fully saturated rings. The maximum atomic E-state index is 14.9. The summed E-state index contributed by atoms with van der Waals surface area (Å²) >= 11 is 0. The normalized spacial score (nSPS) is 11.6. The van der Waals surface area contributed by atoms with E-state index in [2.05, 4.69) is 26.1 Å². The Balaban J connectivity index is 1.32. The Hall–Kier alpha value is -4.93. The third-order valence-corrected chi connectivity index (χ3v) is 5.89. The predicted molar refractivity (Wildman–Crippen MR) is 152 cm³/mol. The van der Waals surface area contributed by atoms with Crippen molar-refractivity contribution in [2.45, 2.75) is 46.1 Å². The first-order valence-electron chi connectivity index (χ1n) is 12.8. The van der Waals surface area contributed by atoms with Gasteiger partial charge in [-0.15, -0.1) is 0 Å². The van der Waals surface area contributed by atoms with Crippen LogP contribution in [0.1, 0.15) is 40.3 Å². The molecule has 0 unspecified atom stereocenters. The average molecular weight is 544 g/mol. The van der Waals surface area contributed by atoms with Crippen LogP contribution in [-0.2, 0) is 5.41 Å².